The Morgan fingerprint density at radius 3 is 2.83 bits per heavy atom. The summed E-state index contributed by atoms with van der Waals surface area (Å²) in [4.78, 5) is 11.0. The Hall–Kier alpha value is -1.75. The van der Waals surface area contributed by atoms with E-state index in [4.69, 9.17) is 19.7 Å². The molecule has 2 rings (SSSR count). The molecule has 0 bridgehead atoms. The van der Waals surface area contributed by atoms with Crippen molar-refractivity contribution in [3.8, 4) is 11.5 Å². The largest absolute Gasteiger partial charge is 0.491 e. The number of fused-ring (bicyclic) bond motifs is 1. The lowest BCUT2D eigenvalue weighted by atomic mass is 10.1. The lowest BCUT2D eigenvalue weighted by molar-refractivity contribution is 0.0695. The van der Waals surface area contributed by atoms with Gasteiger partial charge in [-0.1, -0.05) is 0 Å². The SMILES string of the molecule is CC(C)Oc1cc(C(=O)O)cc2c1CC(CO)O2. The van der Waals surface area contributed by atoms with Crippen LogP contribution in [0.4, 0.5) is 0 Å². The van der Waals surface area contributed by atoms with E-state index in [2.05, 4.69) is 0 Å². The van der Waals surface area contributed by atoms with Crippen LogP contribution in [-0.2, 0) is 6.42 Å². The van der Waals surface area contributed by atoms with Gasteiger partial charge in [0.05, 0.1) is 18.3 Å². The molecule has 1 atom stereocenters. The van der Waals surface area contributed by atoms with Crippen LogP contribution in [0.3, 0.4) is 0 Å². The molecule has 1 aromatic carbocycles. The maximum Gasteiger partial charge on any atom is 0.335 e. The number of carboxylic acid groups (broad SMARTS) is 1. The maximum absolute atomic E-state index is 11.0. The van der Waals surface area contributed by atoms with Crippen molar-refractivity contribution in [2.45, 2.75) is 32.5 Å². The van der Waals surface area contributed by atoms with Gasteiger partial charge in [-0.3, -0.25) is 0 Å². The number of carbonyl (C=O) groups is 1. The average molecular weight is 252 g/mol. The Labute approximate surface area is 105 Å². The van der Waals surface area contributed by atoms with E-state index in [-0.39, 0.29) is 24.4 Å². The Bertz CT molecular complexity index is 467. The van der Waals surface area contributed by atoms with Gasteiger partial charge in [0.2, 0.25) is 0 Å². The smallest absolute Gasteiger partial charge is 0.335 e. The summed E-state index contributed by atoms with van der Waals surface area (Å²) >= 11 is 0. The van der Waals surface area contributed by atoms with Crippen LogP contribution in [0, 0.1) is 0 Å². The number of benzene rings is 1. The number of rotatable bonds is 4. The van der Waals surface area contributed by atoms with Gasteiger partial charge in [0.25, 0.3) is 0 Å². The molecule has 18 heavy (non-hydrogen) atoms. The Morgan fingerprint density at radius 1 is 1.56 bits per heavy atom. The molecule has 1 unspecified atom stereocenters. The van der Waals surface area contributed by atoms with Crippen molar-refractivity contribution in [2.24, 2.45) is 0 Å². The van der Waals surface area contributed by atoms with Gasteiger partial charge in [0, 0.05) is 12.0 Å². The first-order chi connectivity index (χ1) is 8.51. The monoisotopic (exact) mass is 252 g/mol. The molecule has 0 radical (unpaired) electrons. The zero-order valence-corrected chi connectivity index (χ0v) is 10.3. The van der Waals surface area contributed by atoms with Crippen LogP contribution >= 0.6 is 0 Å². The Morgan fingerprint density at radius 2 is 2.28 bits per heavy atom. The minimum atomic E-state index is -1.03. The number of ether oxygens (including phenoxy) is 2. The van der Waals surface area contributed by atoms with Gasteiger partial charge >= 0.3 is 5.97 Å². The quantitative estimate of drug-likeness (QED) is 0.848. The van der Waals surface area contributed by atoms with Crippen LogP contribution < -0.4 is 9.47 Å². The second-order valence-corrected chi connectivity index (χ2v) is 4.55. The zero-order valence-electron chi connectivity index (χ0n) is 10.3. The van der Waals surface area contributed by atoms with E-state index in [0.717, 1.165) is 5.56 Å². The first-order valence-electron chi connectivity index (χ1n) is 5.85. The van der Waals surface area contributed by atoms with Gasteiger partial charge in [0.1, 0.15) is 17.6 Å². The van der Waals surface area contributed by atoms with Gasteiger partial charge < -0.3 is 19.7 Å². The van der Waals surface area contributed by atoms with Crippen LogP contribution in [0.1, 0.15) is 29.8 Å². The fraction of sp³-hybridized carbons (Fsp3) is 0.462. The molecule has 1 aliphatic rings. The molecular weight excluding hydrogens is 236 g/mol. The number of aliphatic hydroxyl groups excluding tert-OH is 1. The molecule has 5 nitrogen and oxygen atoms in total. The molecule has 2 N–H and O–H groups in total. The zero-order chi connectivity index (χ0) is 13.3. The Kier molecular flexibility index (Phi) is 3.43. The van der Waals surface area contributed by atoms with E-state index in [1.807, 2.05) is 13.8 Å². The minimum absolute atomic E-state index is 0.0497. The molecule has 98 valence electrons. The highest BCUT2D eigenvalue weighted by molar-refractivity contribution is 5.89. The van der Waals surface area contributed by atoms with Crippen LogP contribution in [0.15, 0.2) is 12.1 Å². The summed E-state index contributed by atoms with van der Waals surface area (Å²) in [6, 6.07) is 2.98. The molecule has 1 aromatic rings. The summed E-state index contributed by atoms with van der Waals surface area (Å²) in [7, 11) is 0. The highest BCUT2D eigenvalue weighted by Gasteiger charge is 2.27. The van der Waals surface area contributed by atoms with Crippen molar-refractivity contribution in [1.29, 1.82) is 0 Å². The number of aromatic carboxylic acids is 1. The number of hydrogen-bond acceptors (Lipinski definition) is 4. The summed E-state index contributed by atoms with van der Waals surface area (Å²) < 4.78 is 11.1. The molecule has 1 aliphatic heterocycles. The fourth-order valence-corrected chi connectivity index (χ4v) is 1.96. The first-order valence-corrected chi connectivity index (χ1v) is 5.85. The van der Waals surface area contributed by atoms with Crippen LogP contribution in [0.25, 0.3) is 0 Å². The highest BCUT2D eigenvalue weighted by Crippen LogP contribution is 2.37. The molecule has 5 heteroatoms. The molecule has 0 aliphatic carbocycles. The second-order valence-electron chi connectivity index (χ2n) is 4.55. The van der Waals surface area contributed by atoms with E-state index in [1.54, 1.807) is 0 Å². The second kappa shape index (κ2) is 4.86. The van der Waals surface area contributed by atoms with Gasteiger partial charge in [-0.05, 0) is 26.0 Å². The van der Waals surface area contributed by atoms with E-state index < -0.39 is 5.97 Å². The number of aliphatic hydroxyl groups is 1. The molecular formula is C13H16O5. The minimum Gasteiger partial charge on any atom is -0.491 e. The summed E-state index contributed by atoms with van der Waals surface area (Å²) in [5.41, 5.74) is 0.954. The van der Waals surface area contributed by atoms with Crippen LogP contribution in [0.5, 0.6) is 11.5 Å². The highest BCUT2D eigenvalue weighted by atomic mass is 16.5. The summed E-state index contributed by atoms with van der Waals surface area (Å²) in [5.74, 6) is -0.0112. The van der Waals surface area contributed by atoms with Crippen molar-refractivity contribution < 1.29 is 24.5 Å². The van der Waals surface area contributed by atoms with Crippen molar-refractivity contribution in [3.05, 3.63) is 23.3 Å². The molecule has 0 aromatic heterocycles. The summed E-state index contributed by atoms with van der Waals surface area (Å²) in [5, 5.41) is 18.1. The average Bonchev–Trinajstić information content (AvgIpc) is 2.71. The van der Waals surface area contributed by atoms with Gasteiger partial charge in [-0.25, -0.2) is 4.79 Å². The first kappa shape index (κ1) is 12.7. The topological polar surface area (TPSA) is 76.0 Å². The number of hydrogen-bond donors (Lipinski definition) is 2. The van der Waals surface area contributed by atoms with Gasteiger partial charge in [-0.15, -0.1) is 0 Å². The van der Waals surface area contributed by atoms with E-state index in [9.17, 15) is 4.79 Å². The van der Waals surface area contributed by atoms with Gasteiger partial charge in [0.15, 0.2) is 0 Å². The van der Waals surface area contributed by atoms with Crippen molar-refractivity contribution >= 4 is 5.97 Å². The van der Waals surface area contributed by atoms with E-state index in [1.165, 1.54) is 12.1 Å². The van der Waals surface area contributed by atoms with Crippen molar-refractivity contribution in [3.63, 3.8) is 0 Å². The third-order valence-corrected chi connectivity index (χ3v) is 2.71. The molecule has 0 saturated heterocycles. The molecule has 1 heterocycles. The van der Waals surface area contributed by atoms with Gasteiger partial charge in [-0.2, -0.15) is 0 Å². The molecule has 0 fully saturated rings. The third kappa shape index (κ3) is 2.41. The molecule has 0 saturated carbocycles. The lowest BCUT2D eigenvalue weighted by Gasteiger charge is -2.13. The van der Waals surface area contributed by atoms with Crippen molar-refractivity contribution in [1.82, 2.24) is 0 Å². The van der Waals surface area contributed by atoms with E-state index >= 15 is 0 Å². The predicted molar refractivity (Wildman–Crippen MR) is 64.4 cm³/mol. The van der Waals surface area contributed by atoms with Crippen LogP contribution in [0.2, 0.25) is 0 Å². The maximum atomic E-state index is 11.0. The Balaban J connectivity index is 2.42. The summed E-state index contributed by atoms with van der Waals surface area (Å²) in [6.45, 7) is 3.65. The molecule has 0 amide bonds. The predicted octanol–water partition coefficient (Wildman–Crippen LogP) is 1.47. The van der Waals surface area contributed by atoms with Crippen molar-refractivity contribution in [2.75, 3.05) is 6.61 Å². The molecule has 0 spiro atoms. The lowest BCUT2D eigenvalue weighted by Crippen LogP contribution is -2.17. The van der Waals surface area contributed by atoms with E-state index in [0.29, 0.717) is 17.9 Å². The fourth-order valence-electron chi connectivity index (χ4n) is 1.96. The third-order valence-electron chi connectivity index (χ3n) is 2.71. The summed E-state index contributed by atoms with van der Waals surface area (Å²) in [6.07, 6.45) is 0.165. The number of carboxylic acids is 1. The normalized spacial score (nSPS) is 17.4. The standard InChI is InChI=1S/C13H16O5/c1-7(2)17-11-3-8(13(15)16)4-12-10(11)5-9(6-14)18-12/h3-4,7,9,14H,5-6H2,1-2H3,(H,15,16). The van der Waals surface area contributed by atoms with Crippen LogP contribution in [-0.4, -0.2) is 35.0 Å².